The van der Waals surface area contributed by atoms with E-state index < -0.39 is 0 Å². The second-order valence-electron chi connectivity index (χ2n) is 5.09. The summed E-state index contributed by atoms with van der Waals surface area (Å²) in [4.78, 5) is 16.6. The highest BCUT2D eigenvalue weighted by Gasteiger charge is 2.11. The predicted molar refractivity (Wildman–Crippen MR) is 83.1 cm³/mol. The third kappa shape index (κ3) is 2.52. The maximum absolute atomic E-state index is 12.2. The number of carbonyl (C=O) groups excluding carboxylic acids is 1. The molecule has 0 unspecified atom stereocenters. The molecule has 21 heavy (non-hydrogen) atoms. The monoisotopic (exact) mass is 279 g/mol. The molecular formula is C17H17N3O. The zero-order valence-electron chi connectivity index (χ0n) is 12.1. The zero-order valence-corrected chi connectivity index (χ0v) is 12.1. The summed E-state index contributed by atoms with van der Waals surface area (Å²) in [6.45, 7) is 2.47. The Morgan fingerprint density at radius 2 is 2.05 bits per heavy atom. The van der Waals surface area contributed by atoms with Gasteiger partial charge in [-0.25, -0.2) is 0 Å². The third-order valence-corrected chi connectivity index (χ3v) is 3.78. The van der Waals surface area contributed by atoms with Crippen molar-refractivity contribution in [2.75, 3.05) is 0 Å². The van der Waals surface area contributed by atoms with E-state index in [1.807, 2.05) is 61.0 Å². The number of rotatable bonds is 3. The maximum Gasteiger partial charge on any atom is 0.268 e. The number of fused-ring (bicyclic) bond motifs is 1. The van der Waals surface area contributed by atoms with Gasteiger partial charge in [-0.1, -0.05) is 18.2 Å². The molecule has 0 fully saturated rings. The molecule has 3 aromatic rings. The van der Waals surface area contributed by atoms with Crippen molar-refractivity contribution in [3.8, 4) is 0 Å². The summed E-state index contributed by atoms with van der Waals surface area (Å²) in [5, 5.41) is 4.05. The lowest BCUT2D eigenvalue weighted by atomic mass is 10.1. The predicted octanol–water partition coefficient (Wildman–Crippen LogP) is 2.81. The van der Waals surface area contributed by atoms with Gasteiger partial charge in [-0.2, -0.15) is 0 Å². The van der Waals surface area contributed by atoms with E-state index in [0.29, 0.717) is 12.2 Å². The van der Waals surface area contributed by atoms with Crippen molar-refractivity contribution < 1.29 is 4.79 Å². The summed E-state index contributed by atoms with van der Waals surface area (Å²) in [7, 11) is 1.89. The van der Waals surface area contributed by atoms with Gasteiger partial charge in [0.25, 0.3) is 5.91 Å². The fourth-order valence-corrected chi connectivity index (χ4v) is 2.43. The first-order valence-corrected chi connectivity index (χ1v) is 6.90. The lowest BCUT2D eigenvalue weighted by Gasteiger charge is -2.09. The van der Waals surface area contributed by atoms with Gasteiger partial charge >= 0.3 is 0 Å². The minimum absolute atomic E-state index is 0.0634. The Morgan fingerprint density at radius 1 is 1.19 bits per heavy atom. The smallest absolute Gasteiger partial charge is 0.268 e. The minimum Gasteiger partial charge on any atom is -0.347 e. The largest absolute Gasteiger partial charge is 0.347 e. The van der Waals surface area contributed by atoms with Crippen LogP contribution in [-0.2, 0) is 13.6 Å². The Hall–Kier alpha value is -2.62. The molecule has 4 nitrogen and oxygen atoms in total. The molecule has 0 atom stereocenters. The van der Waals surface area contributed by atoms with E-state index >= 15 is 0 Å². The van der Waals surface area contributed by atoms with E-state index in [1.165, 1.54) is 0 Å². The van der Waals surface area contributed by atoms with Gasteiger partial charge in [0.15, 0.2) is 0 Å². The van der Waals surface area contributed by atoms with E-state index in [-0.39, 0.29) is 5.91 Å². The van der Waals surface area contributed by atoms with Crippen LogP contribution in [0.1, 0.15) is 21.7 Å². The number of aryl methyl sites for hydroxylation is 1. The summed E-state index contributed by atoms with van der Waals surface area (Å²) in [5.41, 5.74) is 3.75. The molecule has 0 aliphatic heterocycles. The molecule has 0 saturated heterocycles. The van der Waals surface area contributed by atoms with Gasteiger partial charge in [-0.3, -0.25) is 9.78 Å². The van der Waals surface area contributed by atoms with Crippen LogP contribution in [-0.4, -0.2) is 15.5 Å². The maximum atomic E-state index is 12.2. The van der Waals surface area contributed by atoms with Gasteiger partial charge in [0.2, 0.25) is 0 Å². The third-order valence-electron chi connectivity index (χ3n) is 3.78. The van der Waals surface area contributed by atoms with Gasteiger partial charge in [0, 0.05) is 30.9 Å². The van der Waals surface area contributed by atoms with Gasteiger partial charge in [0.1, 0.15) is 5.69 Å². The number of pyridine rings is 1. The summed E-state index contributed by atoms with van der Waals surface area (Å²) in [5.74, 6) is -0.0634. The van der Waals surface area contributed by atoms with Crippen LogP contribution in [0.25, 0.3) is 10.9 Å². The van der Waals surface area contributed by atoms with E-state index in [2.05, 4.69) is 10.3 Å². The normalized spacial score (nSPS) is 10.8. The van der Waals surface area contributed by atoms with Gasteiger partial charge < -0.3 is 9.88 Å². The number of hydrogen-bond acceptors (Lipinski definition) is 2. The second kappa shape index (κ2) is 5.40. The molecule has 4 heteroatoms. The Morgan fingerprint density at radius 3 is 2.81 bits per heavy atom. The molecule has 1 aromatic carbocycles. The van der Waals surface area contributed by atoms with Crippen molar-refractivity contribution in [3.05, 3.63) is 65.6 Å². The molecule has 1 amide bonds. The number of benzene rings is 1. The standard InChI is InChI=1S/C17H17N3O/c1-12-8-9-16(20(12)2)17(21)19-11-13-5-3-7-15-14(13)6-4-10-18-15/h3-10H,11H2,1-2H3,(H,19,21). The second-order valence-corrected chi connectivity index (χ2v) is 5.09. The Kier molecular flexibility index (Phi) is 3.44. The SMILES string of the molecule is Cc1ccc(C(=O)NCc2cccc3ncccc23)n1C. The van der Waals surface area contributed by atoms with Crippen LogP contribution in [0.3, 0.4) is 0 Å². The van der Waals surface area contributed by atoms with Gasteiger partial charge in [-0.15, -0.1) is 0 Å². The van der Waals surface area contributed by atoms with Crippen molar-refractivity contribution in [1.82, 2.24) is 14.9 Å². The first kappa shape index (κ1) is 13.4. The molecule has 2 heterocycles. The molecule has 2 aromatic heterocycles. The minimum atomic E-state index is -0.0634. The molecular weight excluding hydrogens is 262 g/mol. The molecule has 0 aliphatic rings. The molecule has 0 spiro atoms. The molecule has 0 bridgehead atoms. The van der Waals surface area contributed by atoms with Crippen molar-refractivity contribution in [1.29, 1.82) is 0 Å². The van der Waals surface area contributed by atoms with E-state index in [0.717, 1.165) is 22.2 Å². The molecule has 106 valence electrons. The van der Waals surface area contributed by atoms with Gasteiger partial charge in [-0.05, 0) is 36.8 Å². The van der Waals surface area contributed by atoms with Crippen LogP contribution in [0.2, 0.25) is 0 Å². The van der Waals surface area contributed by atoms with Crippen molar-refractivity contribution in [2.24, 2.45) is 7.05 Å². The number of carbonyl (C=O) groups is 1. The quantitative estimate of drug-likeness (QED) is 0.801. The Bertz CT molecular complexity index is 799. The summed E-state index contributed by atoms with van der Waals surface area (Å²) in [6.07, 6.45) is 1.78. The highest BCUT2D eigenvalue weighted by Crippen LogP contribution is 2.16. The van der Waals surface area contributed by atoms with Crippen LogP contribution in [0.5, 0.6) is 0 Å². The summed E-state index contributed by atoms with van der Waals surface area (Å²) < 4.78 is 1.89. The average Bonchev–Trinajstić information content (AvgIpc) is 2.84. The number of amides is 1. The lowest BCUT2D eigenvalue weighted by Crippen LogP contribution is -2.25. The fraction of sp³-hybridized carbons (Fsp3) is 0.176. The number of aromatic nitrogens is 2. The van der Waals surface area contributed by atoms with Crippen LogP contribution >= 0.6 is 0 Å². The summed E-state index contributed by atoms with van der Waals surface area (Å²) >= 11 is 0. The van der Waals surface area contributed by atoms with E-state index in [4.69, 9.17) is 0 Å². The summed E-state index contributed by atoms with van der Waals surface area (Å²) in [6, 6.07) is 13.7. The average molecular weight is 279 g/mol. The topological polar surface area (TPSA) is 46.9 Å². The molecule has 0 aliphatic carbocycles. The van der Waals surface area contributed by atoms with Crippen molar-refractivity contribution >= 4 is 16.8 Å². The molecule has 0 radical (unpaired) electrons. The van der Waals surface area contributed by atoms with Crippen LogP contribution in [0.4, 0.5) is 0 Å². The van der Waals surface area contributed by atoms with Crippen LogP contribution < -0.4 is 5.32 Å². The Balaban J connectivity index is 1.81. The molecule has 0 saturated carbocycles. The first-order chi connectivity index (χ1) is 10.2. The van der Waals surface area contributed by atoms with Crippen molar-refractivity contribution in [2.45, 2.75) is 13.5 Å². The van der Waals surface area contributed by atoms with Crippen LogP contribution in [0.15, 0.2) is 48.7 Å². The molecule has 3 rings (SSSR count). The van der Waals surface area contributed by atoms with Gasteiger partial charge in [0.05, 0.1) is 5.52 Å². The fourth-order valence-electron chi connectivity index (χ4n) is 2.43. The Labute approximate surface area is 123 Å². The van der Waals surface area contributed by atoms with Crippen molar-refractivity contribution in [3.63, 3.8) is 0 Å². The molecule has 1 N–H and O–H groups in total. The highest BCUT2D eigenvalue weighted by molar-refractivity contribution is 5.93. The van der Waals surface area contributed by atoms with E-state index in [9.17, 15) is 4.79 Å². The highest BCUT2D eigenvalue weighted by atomic mass is 16.1. The number of hydrogen-bond donors (Lipinski definition) is 1. The lowest BCUT2D eigenvalue weighted by molar-refractivity contribution is 0.0942. The number of nitrogens with zero attached hydrogens (tertiary/aromatic N) is 2. The number of nitrogens with one attached hydrogen (secondary N) is 1. The zero-order chi connectivity index (χ0) is 14.8. The van der Waals surface area contributed by atoms with E-state index in [1.54, 1.807) is 6.20 Å². The van der Waals surface area contributed by atoms with Crippen LogP contribution in [0, 0.1) is 6.92 Å². The first-order valence-electron chi connectivity index (χ1n) is 6.90.